The molecule has 0 aliphatic rings. The number of ether oxygens (including phenoxy) is 1. The minimum absolute atomic E-state index is 0.172. The molecule has 2 N–H and O–H groups in total. The number of carbonyl (C=O) groups excluding carboxylic acids is 1. The second-order valence-corrected chi connectivity index (χ2v) is 12.5. The van der Waals surface area contributed by atoms with Gasteiger partial charge in [-0.1, -0.05) is 112 Å². The van der Waals surface area contributed by atoms with Crippen molar-refractivity contribution in [2.45, 2.75) is 117 Å². The molecule has 2 aromatic rings. The topological polar surface area (TPSA) is 66.8 Å². The average Bonchev–Trinajstić information content (AvgIpc) is 2.77. The molecule has 4 nitrogen and oxygen atoms in total. The van der Waals surface area contributed by atoms with Crippen LogP contribution >= 0.6 is 0 Å². The number of benzene rings is 2. The molecular formula is C32H48O4. The van der Waals surface area contributed by atoms with Crippen molar-refractivity contribution in [1.29, 1.82) is 0 Å². The van der Waals surface area contributed by atoms with E-state index in [1.165, 1.54) is 25.7 Å². The first kappa shape index (κ1) is 29.7. The van der Waals surface area contributed by atoms with Crippen LogP contribution in [0.4, 0.5) is 0 Å². The lowest BCUT2D eigenvalue weighted by molar-refractivity contribution is -0.144. The molecule has 2 rings (SSSR count). The number of carbonyl (C=O) groups is 1. The van der Waals surface area contributed by atoms with Gasteiger partial charge in [0, 0.05) is 5.41 Å². The molecule has 0 aromatic heterocycles. The molecule has 4 heteroatoms. The maximum Gasteiger partial charge on any atom is 0.307 e. The van der Waals surface area contributed by atoms with Crippen LogP contribution in [0.2, 0.25) is 0 Å². The fraction of sp³-hybridized carbons (Fsp3) is 0.594. The highest BCUT2D eigenvalue weighted by molar-refractivity contribution is 5.73. The van der Waals surface area contributed by atoms with Crippen LogP contribution in [-0.4, -0.2) is 22.8 Å². The molecular weight excluding hydrogens is 448 g/mol. The van der Waals surface area contributed by atoms with Crippen LogP contribution in [-0.2, 0) is 25.8 Å². The lowest BCUT2D eigenvalue weighted by Gasteiger charge is -2.33. The van der Waals surface area contributed by atoms with Crippen LogP contribution < -0.4 is 0 Å². The molecule has 0 aliphatic carbocycles. The normalized spacial score (nSPS) is 12.6. The molecule has 36 heavy (non-hydrogen) atoms. The van der Waals surface area contributed by atoms with Gasteiger partial charge < -0.3 is 14.9 Å². The van der Waals surface area contributed by atoms with Crippen molar-refractivity contribution in [3.8, 4) is 11.5 Å². The zero-order chi connectivity index (χ0) is 27.1. The summed E-state index contributed by atoms with van der Waals surface area (Å²) in [6.07, 6.45) is 7.01. The third-order valence-corrected chi connectivity index (χ3v) is 7.14. The van der Waals surface area contributed by atoms with Crippen LogP contribution in [0.1, 0.15) is 123 Å². The van der Waals surface area contributed by atoms with Gasteiger partial charge >= 0.3 is 5.97 Å². The van der Waals surface area contributed by atoms with E-state index in [0.29, 0.717) is 6.61 Å². The summed E-state index contributed by atoms with van der Waals surface area (Å²) in [5, 5.41) is 21.1. The molecule has 0 amide bonds. The van der Waals surface area contributed by atoms with Crippen LogP contribution in [0.25, 0.3) is 0 Å². The van der Waals surface area contributed by atoms with E-state index in [1.807, 2.05) is 24.3 Å². The Labute approximate surface area is 219 Å². The van der Waals surface area contributed by atoms with E-state index in [9.17, 15) is 15.0 Å². The van der Waals surface area contributed by atoms with E-state index < -0.39 is 5.41 Å². The van der Waals surface area contributed by atoms with Crippen molar-refractivity contribution < 1.29 is 19.7 Å². The maximum atomic E-state index is 13.1. The van der Waals surface area contributed by atoms with Crippen LogP contribution in [0.5, 0.6) is 11.5 Å². The number of hydrogen-bond acceptors (Lipinski definition) is 4. The Kier molecular flexibility index (Phi) is 10.0. The Morgan fingerprint density at radius 1 is 0.722 bits per heavy atom. The van der Waals surface area contributed by atoms with Gasteiger partial charge in [-0.15, -0.1) is 0 Å². The predicted molar refractivity (Wildman–Crippen MR) is 149 cm³/mol. The first-order chi connectivity index (χ1) is 16.7. The van der Waals surface area contributed by atoms with Crippen LogP contribution in [0.15, 0.2) is 36.4 Å². The number of rotatable bonds is 11. The van der Waals surface area contributed by atoms with Gasteiger partial charge in [-0.05, 0) is 51.6 Å². The van der Waals surface area contributed by atoms with Crippen molar-refractivity contribution in [3.05, 3.63) is 58.7 Å². The Hall–Kier alpha value is -2.49. The molecule has 0 bridgehead atoms. The van der Waals surface area contributed by atoms with Crippen molar-refractivity contribution >= 4 is 5.97 Å². The number of phenolic OH excluding ortho intramolecular Hbond substituents is 2. The molecule has 200 valence electrons. The van der Waals surface area contributed by atoms with Gasteiger partial charge in [0.15, 0.2) is 0 Å². The molecule has 0 heterocycles. The zero-order valence-electron chi connectivity index (χ0n) is 23.8. The lowest BCUT2D eigenvalue weighted by Crippen LogP contribution is -2.30. The number of aromatic hydroxyl groups is 2. The SMILES string of the molecule is CCCCCCCCOC(=O)CC(C)(c1ccc(O)c(C(C)(C)C)c1)c1ccc(O)c(C(C)(C)C)c1. The van der Waals surface area contributed by atoms with Gasteiger partial charge in [-0.25, -0.2) is 0 Å². The minimum atomic E-state index is -0.695. The second-order valence-electron chi connectivity index (χ2n) is 12.5. The Bertz CT molecular complexity index is 944. The Morgan fingerprint density at radius 3 is 1.61 bits per heavy atom. The van der Waals surface area contributed by atoms with Gasteiger partial charge in [0.25, 0.3) is 0 Å². The van der Waals surface area contributed by atoms with Gasteiger partial charge in [-0.2, -0.15) is 0 Å². The van der Waals surface area contributed by atoms with E-state index in [0.717, 1.165) is 35.1 Å². The Morgan fingerprint density at radius 2 is 1.17 bits per heavy atom. The van der Waals surface area contributed by atoms with Gasteiger partial charge in [-0.3, -0.25) is 4.79 Å². The van der Waals surface area contributed by atoms with Gasteiger partial charge in [0.05, 0.1) is 13.0 Å². The highest BCUT2D eigenvalue weighted by Gasteiger charge is 2.35. The van der Waals surface area contributed by atoms with E-state index in [4.69, 9.17) is 4.74 Å². The van der Waals surface area contributed by atoms with Crippen LogP contribution in [0, 0.1) is 0 Å². The van der Waals surface area contributed by atoms with Gasteiger partial charge in [0.1, 0.15) is 11.5 Å². The fourth-order valence-electron chi connectivity index (χ4n) is 4.74. The quantitative estimate of drug-likeness (QED) is 0.242. The summed E-state index contributed by atoms with van der Waals surface area (Å²) in [4.78, 5) is 13.1. The summed E-state index contributed by atoms with van der Waals surface area (Å²) in [5.41, 5.74) is 2.33. The molecule has 0 fully saturated rings. The number of phenols is 2. The molecule has 0 radical (unpaired) electrons. The molecule has 0 aliphatic heterocycles. The zero-order valence-corrected chi connectivity index (χ0v) is 23.8. The third-order valence-electron chi connectivity index (χ3n) is 7.14. The monoisotopic (exact) mass is 496 g/mol. The van der Waals surface area contributed by atoms with Crippen molar-refractivity contribution in [2.75, 3.05) is 6.61 Å². The van der Waals surface area contributed by atoms with Gasteiger partial charge in [0.2, 0.25) is 0 Å². The van der Waals surface area contributed by atoms with Crippen molar-refractivity contribution in [1.82, 2.24) is 0 Å². The summed E-state index contributed by atoms with van der Waals surface area (Å²) in [6, 6.07) is 11.3. The first-order valence-corrected chi connectivity index (χ1v) is 13.5. The second kappa shape index (κ2) is 12.2. The van der Waals surface area contributed by atoms with E-state index in [1.54, 1.807) is 12.1 Å². The number of hydrogen-bond donors (Lipinski definition) is 2. The summed E-state index contributed by atoms with van der Waals surface area (Å²) < 4.78 is 5.69. The average molecular weight is 497 g/mol. The van der Waals surface area contributed by atoms with Crippen molar-refractivity contribution in [3.63, 3.8) is 0 Å². The fourth-order valence-corrected chi connectivity index (χ4v) is 4.74. The van der Waals surface area contributed by atoms with E-state index >= 15 is 0 Å². The van der Waals surface area contributed by atoms with E-state index in [-0.39, 0.29) is 34.7 Å². The largest absolute Gasteiger partial charge is 0.508 e. The maximum absolute atomic E-state index is 13.1. The molecule has 0 saturated heterocycles. The number of unbranched alkanes of at least 4 members (excludes halogenated alkanes) is 5. The highest BCUT2D eigenvalue weighted by atomic mass is 16.5. The van der Waals surface area contributed by atoms with E-state index in [2.05, 4.69) is 55.4 Å². The van der Waals surface area contributed by atoms with Crippen LogP contribution in [0.3, 0.4) is 0 Å². The standard InChI is InChI=1S/C32H48O4/c1-9-10-11-12-13-14-19-36-29(35)22-32(8,23-15-17-27(33)25(20-23)30(2,3)4)24-16-18-28(34)26(21-24)31(5,6)7/h15-18,20-21,33-34H,9-14,19,22H2,1-8H3. The Balaban J connectivity index is 2.41. The summed E-state index contributed by atoms with van der Waals surface area (Å²) in [5.74, 6) is 0.266. The molecule has 0 spiro atoms. The predicted octanol–water partition coefficient (Wildman–Crippen LogP) is 8.29. The summed E-state index contributed by atoms with van der Waals surface area (Å²) >= 11 is 0. The molecule has 0 unspecified atom stereocenters. The van der Waals surface area contributed by atoms with Crippen molar-refractivity contribution in [2.24, 2.45) is 0 Å². The molecule has 0 saturated carbocycles. The third kappa shape index (κ3) is 7.75. The first-order valence-electron chi connectivity index (χ1n) is 13.5. The molecule has 2 aromatic carbocycles. The summed E-state index contributed by atoms with van der Waals surface area (Å²) in [6.45, 7) is 17.1. The summed E-state index contributed by atoms with van der Waals surface area (Å²) in [7, 11) is 0. The highest BCUT2D eigenvalue weighted by Crippen LogP contribution is 2.42. The lowest BCUT2D eigenvalue weighted by atomic mass is 9.70. The molecule has 0 atom stereocenters. The smallest absolute Gasteiger partial charge is 0.307 e. The minimum Gasteiger partial charge on any atom is -0.508 e. The number of esters is 1.